The molecule has 2 aromatic heterocycles. The minimum Gasteiger partial charge on any atom is -0.248 e. The Bertz CT molecular complexity index is 2180. The summed E-state index contributed by atoms with van der Waals surface area (Å²) in [5.41, 5.74) is 4.62. The summed E-state index contributed by atoms with van der Waals surface area (Å²) in [6.07, 6.45) is 3.82. The van der Waals surface area contributed by atoms with Crippen molar-refractivity contribution in [3.8, 4) is 22.3 Å². The van der Waals surface area contributed by atoms with Crippen molar-refractivity contribution >= 4 is 107 Å². The Kier molecular flexibility index (Phi) is 8.34. The lowest BCUT2D eigenvalue weighted by Crippen LogP contribution is -1.86. The van der Waals surface area contributed by atoms with Gasteiger partial charge >= 0.3 is 0 Å². The molecule has 2 heterocycles. The normalized spacial score (nSPS) is 11.2. The van der Waals surface area contributed by atoms with Crippen LogP contribution in [-0.4, -0.2) is 9.97 Å². The molecule has 8 aromatic rings. The van der Waals surface area contributed by atoms with Crippen molar-refractivity contribution in [2.45, 2.75) is 0 Å². The van der Waals surface area contributed by atoms with Gasteiger partial charge in [-0.15, -0.1) is 0 Å². The fourth-order valence-corrected chi connectivity index (χ4v) is 6.85. The number of aromatic nitrogens is 2. The summed E-state index contributed by atoms with van der Waals surface area (Å²) >= 11 is 14.0. The average molecular weight is 826 g/mol. The van der Waals surface area contributed by atoms with Crippen LogP contribution in [0.25, 0.3) is 65.3 Å². The molecule has 0 bridgehead atoms. The molecule has 0 aliphatic carbocycles. The van der Waals surface area contributed by atoms with Gasteiger partial charge in [0.25, 0.3) is 0 Å². The number of benzene rings is 6. The van der Waals surface area contributed by atoms with Crippen LogP contribution in [0.5, 0.6) is 0 Å². The molecule has 6 aromatic carbocycles. The lowest BCUT2D eigenvalue weighted by Gasteiger charge is -2.11. The highest BCUT2D eigenvalue weighted by Gasteiger charge is 2.11. The van der Waals surface area contributed by atoms with E-state index in [0.717, 1.165) is 29.3 Å². The van der Waals surface area contributed by atoms with E-state index in [9.17, 15) is 0 Å². The van der Waals surface area contributed by atoms with Crippen LogP contribution in [0.15, 0.2) is 152 Å². The van der Waals surface area contributed by atoms with Gasteiger partial charge in [0.05, 0.1) is 8.95 Å². The first-order chi connectivity index (χ1) is 21.5. The zero-order valence-electron chi connectivity index (χ0n) is 23.1. The van der Waals surface area contributed by atoms with Crippen LogP contribution in [0.4, 0.5) is 0 Å². The third kappa shape index (κ3) is 5.61. The Labute approximate surface area is 288 Å². The summed E-state index contributed by atoms with van der Waals surface area (Å²) < 4.78 is 3.56. The maximum Gasteiger partial charge on any atom is 0.120 e. The summed E-state index contributed by atoms with van der Waals surface area (Å²) in [5.74, 6) is 0. The topological polar surface area (TPSA) is 25.8 Å². The Morgan fingerprint density at radius 2 is 0.705 bits per heavy atom. The summed E-state index contributed by atoms with van der Waals surface area (Å²) in [6.45, 7) is 0. The van der Waals surface area contributed by atoms with Crippen molar-refractivity contribution < 1.29 is 0 Å². The van der Waals surface area contributed by atoms with E-state index in [4.69, 9.17) is 0 Å². The third-order valence-electron chi connectivity index (χ3n) is 7.75. The van der Waals surface area contributed by atoms with E-state index in [1.807, 2.05) is 12.4 Å². The summed E-state index contributed by atoms with van der Waals surface area (Å²) in [5, 5.41) is 10.1. The van der Waals surface area contributed by atoms with Gasteiger partial charge in [-0.3, -0.25) is 0 Å². The van der Waals surface area contributed by atoms with Gasteiger partial charge in [-0.1, -0.05) is 97.1 Å². The van der Waals surface area contributed by atoms with E-state index in [1.54, 1.807) is 0 Å². The maximum absolute atomic E-state index is 4.41. The van der Waals surface area contributed by atoms with Crippen molar-refractivity contribution in [1.29, 1.82) is 0 Å². The number of halogens is 4. The van der Waals surface area contributed by atoms with Gasteiger partial charge in [-0.2, -0.15) is 0 Å². The van der Waals surface area contributed by atoms with Crippen molar-refractivity contribution in [1.82, 2.24) is 9.97 Å². The molecule has 0 aliphatic heterocycles. The zero-order valence-corrected chi connectivity index (χ0v) is 29.5. The van der Waals surface area contributed by atoms with Crippen LogP contribution in [0.2, 0.25) is 0 Å². The smallest absolute Gasteiger partial charge is 0.120 e. The number of pyridine rings is 2. The summed E-state index contributed by atoms with van der Waals surface area (Å²) in [4.78, 5) is 8.82. The molecule has 212 valence electrons. The Hall–Kier alpha value is -3.42. The molecule has 8 rings (SSSR count). The standard InChI is InChI=1S/2C19H11Br2N/c2*20-18-10-13(11-22-19(18)21)17-9-12-5-1-2-6-14(12)15-7-3-4-8-16(15)17/h2*1-11H. The minimum atomic E-state index is 0.821. The van der Waals surface area contributed by atoms with Crippen molar-refractivity contribution in [2.24, 2.45) is 0 Å². The van der Waals surface area contributed by atoms with Gasteiger partial charge < -0.3 is 0 Å². The van der Waals surface area contributed by atoms with Gasteiger partial charge in [0.15, 0.2) is 0 Å². The second-order valence-electron chi connectivity index (χ2n) is 10.4. The third-order valence-corrected chi connectivity index (χ3v) is 11.3. The SMILES string of the molecule is Brc1cc(-c2cc3ccccc3c3ccccc23)cnc1Br.Brc1cc(-c2cc3ccccc3c3ccccc23)cnc1Br. The summed E-state index contributed by atoms with van der Waals surface area (Å²) in [6, 6.07) is 42.8. The molecule has 0 aliphatic rings. The van der Waals surface area contributed by atoms with E-state index in [1.165, 1.54) is 54.2 Å². The molecule has 0 fully saturated rings. The van der Waals surface area contributed by atoms with Crippen molar-refractivity contribution in [3.63, 3.8) is 0 Å². The Balaban J connectivity index is 0.000000142. The van der Waals surface area contributed by atoms with Gasteiger partial charge in [0, 0.05) is 23.5 Å². The van der Waals surface area contributed by atoms with Gasteiger partial charge in [0.2, 0.25) is 0 Å². The molecular weight excluding hydrogens is 804 g/mol. The van der Waals surface area contributed by atoms with Gasteiger partial charge in [-0.05, 0) is 142 Å². The number of hydrogen-bond acceptors (Lipinski definition) is 2. The molecule has 0 atom stereocenters. The zero-order chi connectivity index (χ0) is 30.2. The number of rotatable bonds is 2. The Morgan fingerprint density at radius 3 is 1.09 bits per heavy atom. The average Bonchev–Trinajstić information content (AvgIpc) is 3.07. The molecule has 0 amide bonds. The predicted molar refractivity (Wildman–Crippen MR) is 200 cm³/mol. The second kappa shape index (κ2) is 12.5. The van der Waals surface area contributed by atoms with Crippen LogP contribution in [0.1, 0.15) is 0 Å². The molecule has 0 unspecified atom stereocenters. The maximum atomic E-state index is 4.41. The van der Waals surface area contributed by atoms with E-state index < -0.39 is 0 Å². The summed E-state index contributed by atoms with van der Waals surface area (Å²) in [7, 11) is 0. The molecule has 0 radical (unpaired) electrons. The van der Waals surface area contributed by atoms with Crippen LogP contribution >= 0.6 is 63.7 Å². The van der Waals surface area contributed by atoms with Crippen LogP contribution < -0.4 is 0 Å². The van der Waals surface area contributed by atoms with E-state index in [2.05, 4.69) is 195 Å². The van der Waals surface area contributed by atoms with E-state index in [-0.39, 0.29) is 0 Å². The van der Waals surface area contributed by atoms with Gasteiger partial charge in [-0.25, -0.2) is 9.97 Å². The molecule has 2 nitrogen and oxygen atoms in total. The molecular formula is C38H22Br4N2. The fourth-order valence-electron chi connectivity index (χ4n) is 5.72. The monoisotopic (exact) mass is 822 g/mol. The Morgan fingerprint density at radius 1 is 0.364 bits per heavy atom. The highest BCUT2D eigenvalue weighted by molar-refractivity contribution is 9.13. The number of hydrogen-bond donors (Lipinski definition) is 0. The quantitative estimate of drug-likeness (QED) is 0.128. The molecule has 44 heavy (non-hydrogen) atoms. The fraction of sp³-hybridized carbons (Fsp3) is 0. The lowest BCUT2D eigenvalue weighted by atomic mass is 9.94. The number of fused-ring (bicyclic) bond motifs is 6. The molecule has 6 heteroatoms. The minimum absolute atomic E-state index is 0.821. The predicted octanol–water partition coefficient (Wildman–Crippen LogP) is 13.2. The highest BCUT2D eigenvalue weighted by Crippen LogP contribution is 2.38. The van der Waals surface area contributed by atoms with E-state index in [0.29, 0.717) is 0 Å². The first-order valence-corrected chi connectivity index (χ1v) is 17.1. The van der Waals surface area contributed by atoms with E-state index >= 15 is 0 Å². The first kappa shape index (κ1) is 29.3. The van der Waals surface area contributed by atoms with Gasteiger partial charge in [0.1, 0.15) is 9.21 Å². The number of nitrogens with zero attached hydrogens (tertiary/aromatic N) is 2. The highest BCUT2D eigenvalue weighted by atomic mass is 79.9. The first-order valence-electron chi connectivity index (χ1n) is 13.9. The van der Waals surface area contributed by atoms with Crippen LogP contribution in [0.3, 0.4) is 0 Å². The van der Waals surface area contributed by atoms with Crippen LogP contribution in [-0.2, 0) is 0 Å². The second-order valence-corrected chi connectivity index (χ2v) is 13.6. The lowest BCUT2D eigenvalue weighted by molar-refractivity contribution is 1.26. The molecule has 0 saturated carbocycles. The molecule has 0 saturated heterocycles. The largest absolute Gasteiger partial charge is 0.248 e. The van der Waals surface area contributed by atoms with Crippen molar-refractivity contribution in [3.05, 3.63) is 152 Å². The molecule has 0 N–H and O–H groups in total. The van der Waals surface area contributed by atoms with Crippen molar-refractivity contribution in [2.75, 3.05) is 0 Å². The molecule has 0 spiro atoms. The van der Waals surface area contributed by atoms with Crippen LogP contribution in [0, 0.1) is 0 Å².